The number of halogens is 1. The summed E-state index contributed by atoms with van der Waals surface area (Å²) < 4.78 is 0. The van der Waals surface area contributed by atoms with Crippen LogP contribution < -0.4 is 10.2 Å². The molecule has 1 aliphatic rings. The lowest BCUT2D eigenvalue weighted by molar-refractivity contribution is -0.137. The van der Waals surface area contributed by atoms with Gasteiger partial charge in [-0.2, -0.15) is 0 Å². The molecule has 0 saturated carbocycles. The molecule has 3 aromatic rings. The molecule has 9 heteroatoms. The Balaban J connectivity index is 1.69. The van der Waals surface area contributed by atoms with Gasteiger partial charge in [0, 0.05) is 36.3 Å². The minimum Gasteiger partial charge on any atom is -0.481 e. The van der Waals surface area contributed by atoms with Crippen molar-refractivity contribution in [3.05, 3.63) is 88.4 Å². The number of aliphatic carboxylic acids is 1. The third-order valence-corrected chi connectivity index (χ3v) is 7.01. The van der Waals surface area contributed by atoms with Crippen molar-refractivity contribution >= 4 is 52.2 Å². The van der Waals surface area contributed by atoms with E-state index in [1.807, 2.05) is 68.7 Å². The minimum atomic E-state index is -0.853. The van der Waals surface area contributed by atoms with Crippen LogP contribution >= 0.6 is 11.6 Å². The van der Waals surface area contributed by atoms with Gasteiger partial charge in [0.2, 0.25) is 11.8 Å². The Bertz CT molecular complexity index is 1420. The van der Waals surface area contributed by atoms with Gasteiger partial charge < -0.3 is 20.2 Å². The monoisotopic (exact) mass is 560 g/mol. The van der Waals surface area contributed by atoms with Gasteiger partial charge >= 0.3 is 5.97 Å². The summed E-state index contributed by atoms with van der Waals surface area (Å²) in [5.74, 6) is -1.74. The summed E-state index contributed by atoms with van der Waals surface area (Å²) in [6.07, 6.45) is 1.30. The van der Waals surface area contributed by atoms with Gasteiger partial charge in [0.05, 0.1) is 11.4 Å². The number of carbonyl (C=O) groups is 3. The first-order chi connectivity index (χ1) is 19.1. The number of amides is 2. The van der Waals surface area contributed by atoms with Crippen molar-refractivity contribution in [2.24, 2.45) is 4.99 Å². The van der Waals surface area contributed by atoms with E-state index in [0.29, 0.717) is 35.1 Å². The van der Waals surface area contributed by atoms with E-state index in [0.717, 1.165) is 35.3 Å². The van der Waals surface area contributed by atoms with E-state index in [-0.39, 0.29) is 18.2 Å². The van der Waals surface area contributed by atoms with Gasteiger partial charge in [-0.15, -0.1) is 0 Å². The number of aliphatic imine (C=N–C) groups is 1. The van der Waals surface area contributed by atoms with Crippen LogP contribution in [0.1, 0.15) is 42.4 Å². The number of carboxylic acids is 1. The highest BCUT2D eigenvalue weighted by Gasteiger charge is 2.35. The number of benzene rings is 3. The summed E-state index contributed by atoms with van der Waals surface area (Å²) in [7, 11) is 4.01. The van der Waals surface area contributed by atoms with Crippen LogP contribution in [0.25, 0.3) is 0 Å². The smallest absolute Gasteiger partial charge is 0.303 e. The van der Waals surface area contributed by atoms with Crippen LogP contribution in [0.5, 0.6) is 0 Å². The summed E-state index contributed by atoms with van der Waals surface area (Å²) in [4.78, 5) is 45.3. The standard InChI is InChI=1S/C31H33ClN4O4/c1-20(37)36(18-4-17-35(2)3)25-13-11-24(12-14-25)33-30(22-8-5-21(6-9-22)7-16-28(38)39)29-26-15-10-23(32)19-27(26)34-31(29)40/h5-6,8-15,19,29H,4,7,16-18H2,1-3H3,(H,34,40)(H,38,39). The van der Waals surface area contributed by atoms with Gasteiger partial charge in [0.25, 0.3) is 0 Å². The molecular formula is C31H33ClN4O4. The average Bonchev–Trinajstić information content (AvgIpc) is 3.23. The second-order valence-electron chi connectivity index (χ2n) is 10.1. The Labute approximate surface area is 239 Å². The quantitative estimate of drug-likeness (QED) is 0.301. The number of nitrogens with one attached hydrogen (secondary N) is 1. The number of carbonyl (C=O) groups excluding carboxylic acids is 2. The fraction of sp³-hybridized carbons (Fsp3) is 0.290. The van der Waals surface area contributed by atoms with Gasteiger partial charge in [-0.25, -0.2) is 0 Å². The molecule has 1 heterocycles. The number of carboxylic acid groups (broad SMARTS) is 1. The number of nitrogens with zero attached hydrogens (tertiary/aromatic N) is 3. The molecule has 0 saturated heterocycles. The molecule has 208 valence electrons. The lowest BCUT2D eigenvalue weighted by Crippen LogP contribution is -2.31. The van der Waals surface area contributed by atoms with Gasteiger partial charge in [0.1, 0.15) is 5.92 Å². The molecule has 1 unspecified atom stereocenters. The molecule has 40 heavy (non-hydrogen) atoms. The molecule has 0 spiro atoms. The Morgan fingerprint density at radius 2 is 1.70 bits per heavy atom. The van der Waals surface area contributed by atoms with Crippen LogP contribution in [-0.2, 0) is 20.8 Å². The second kappa shape index (κ2) is 12.9. The fourth-order valence-electron chi connectivity index (χ4n) is 4.75. The van der Waals surface area contributed by atoms with Crippen LogP contribution in [0.3, 0.4) is 0 Å². The first-order valence-corrected chi connectivity index (χ1v) is 13.5. The van der Waals surface area contributed by atoms with E-state index in [2.05, 4.69) is 10.2 Å². The van der Waals surface area contributed by atoms with E-state index >= 15 is 0 Å². The Hall–Kier alpha value is -4.01. The Kier molecular flexibility index (Phi) is 9.34. The highest BCUT2D eigenvalue weighted by atomic mass is 35.5. The number of anilines is 2. The van der Waals surface area contributed by atoms with E-state index in [9.17, 15) is 14.4 Å². The van der Waals surface area contributed by atoms with Gasteiger partial charge in [-0.3, -0.25) is 19.4 Å². The van der Waals surface area contributed by atoms with Gasteiger partial charge in [-0.05, 0) is 86.6 Å². The lowest BCUT2D eigenvalue weighted by Gasteiger charge is -2.22. The first kappa shape index (κ1) is 29.0. The number of aryl methyl sites for hydroxylation is 1. The second-order valence-corrected chi connectivity index (χ2v) is 10.5. The molecule has 1 atom stereocenters. The van der Waals surface area contributed by atoms with Crippen LogP contribution in [-0.4, -0.2) is 60.7 Å². The summed E-state index contributed by atoms with van der Waals surface area (Å²) in [6, 6.07) is 20.2. The van der Waals surface area contributed by atoms with Crippen LogP contribution in [0, 0.1) is 0 Å². The first-order valence-electron chi connectivity index (χ1n) is 13.2. The van der Waals surface area contributed by atoms with E-state index in [1.54, 1.807) is 24.0 Å². The van der Waals surface area contributed by atoms with Crippen LogP contribution in [0.2, 0.25) is 5.02 Å². The van der Waals surface area contributed by atoms with Gasteiger partial charge in [0.15, 0.2) is 0 Å². The van der Waals surface area contributed by atoms with Gasteiger partial charge in [-0.1, -0.05) is 41.9 Å². The molecule has 0 aromatic heterocycles. The summed E-state index contributed by atoms with van der Waals surface area (Å²) in [5, 5.41) is 12.5. The normalized spacial score (nSPS) is 14.7. The van der Waals surface area contributed by atoms with Crippen molar-refractivity contribution in [2.75, 3.05) is 37.4 Å². The summed E-state index contributed by atoms with van der Waals surface area (Å²) in [5.41, 5.74) is 5.05. The maximum Gasteiger partial charge on any atom is 0.303 e. The SMILES string of the molecule is CC(=O)N(CCCN(C)C)c1ccc(N=C(c2ccc(CCC(=O)O)cc2)C2C(=O)Nc3cc(Cl)ccc32)cc1. The number of hydrogen-bond donors (Lipinski definition) is 2. The topological polar surface area (TPSA) is 102 Å². The molecular weight excluding hydrogens is 528 g/mol. The zero-order chi connectivity index (χ0) is 28.8. The van der Waals surface area contributed by atoms with E-state index in [1.165, 1.54) is 0 Å². The minimum absolute atomic E-state index is 0.0309. The molecule has 2 N–H and O–H groups in total. The molecule has 4 rings (SSSR count). The zero-order valence-electron chi connectivity index (χ0n) is 22.9. The average molecular weight is 561 g/mol. The van der Waals surface area contributed by atoms with Crippen molar-refractivity contribution in [1.29, 1.82) is 0 Å². The fourth-order valence-corrected chi connectivity index (χ4v) is 4.93. The highest BCUT2D eigenvalue weighted by molar-refractivity contribution is 6.31. The van der Waals surface area contributed by atoms with Crippen LogP contribution in [0.15, 0.2) is 71.7 Å². The molecule has 0 aliphatic carbocycles. The molecule has 8 nitrogen and oxygen atoms in total. The number of hydrogen-bond acceptors (Lipinski definition) is 5. The number of rotatable bonds is 11. The van der Waals surface area contributed by atoms with Crippen LogP contribution in [0.4, 0.5) is 17.1 Å². The van der Waals surface area contributed by atoms with Crippen molar-refractivity contribution in [3.8, 4) is 0 Å². The summed E-state index contributed by atoms with van der Waals surface area (Å²) >= 11 is 6.17. The number of fused-ring (bicyclic) bond motifs is 1. The molecule has 0 fully saturated rings. The molecule has 0 bridgehead atoms. The Morgan fingerprint density at radius 3 is 2.33 bits per heavy atom. The van der Waals surface area contributed by atoms with Crippen molar-refractivity contribution in [1.82, 2.24) is 4.90 Å². The predicted octanol–water partition coefficient (Wildman–Crippen LogP) is 5.52. The van der Waals surface area contributed by atoms with Crippen molar-refractivity contribution in [2.45, 2.75) is 32.1 Å². The zero-order valence-corrected chi connectivity index (χ0v) is 23.6. The third kappa shape index (κ3) is 7.14. The predicted molar refractivity (Wildman–Crippen MR) is 159 cm³/mol. The summed E-state index contributed by atoms with van der Waals surface area (Å²) in [6.45, 7) is 3.04. The van der Waals surface area contributed by atoms with E-state index in [4.69, 9.17) is 21.7 Å². The maximum absolute atomic E-state index is 13.2. The maximum atomic E-state index is 13.2. The third-order valence-electron chi connectivity index (χ3n) is 6.78. The van der Waals surface area contributed by atoms with Crippen molar-refractivity contribution < 1.29 is 19.5 Å². The molecule has 3 aromatic carbocycles. The molecule has 2 amide bonds. The lowest BCUT2D eigenvalue weighted by atomic mass is 9.90. The largest absolute Gasteiger partial charge is 0.481 e. The highest BCUT2D eigenvalue weighted by Crippen LogP contribution is 2.38. The van der Waals surface area contributed by atoms with Crippen molar-refractivity contribution in [3.63, 3.8) is 0 Å². The molecule has 0 radical (unpaired) electrons. The van der Waals surface area contributed by atoms with E-state index < -0.39 is 11.9 Å². The Morgan fingerprint density at radius 1 is 1.00 bits per heavy atom. The molecule has 1 aliphatic heterocycles.